The van der Waals surface area contributed by atoms with Gasteiger partial charge in [0.2, 0.25) is 0 Å². The first-order valence-corrected chi connectivity index (χ1v) is 6.25. The van der Waals surface area contributed by atoms with Crippen molar-refractivity contribution in [3.63, 3.8) is 0 Å². The third-order valence-electron chi connectivity index (χ3n) is 4.68. The standard InChI is InChI=1S/C12H22N2/c13-1-2-14-12-6-9-3-10(7-12)5-11(4-9)8-12/h9-11,14H,1-8,13H2. The highest BCUT2D eigenvalue weighted by Gasteiger charge is 2.50. The Balaban J connectivity index is 1.74. The maximum Gasteiger partial charge on any atom is 0.0190 e. The maximum atomic E-state index is 5.60. The second-order valence-electron chi connectivity index (χ2n) is 5.91. The molecule has 0 aromatic carbocycles. The molecule has 3 N–H and O–H groups in total. The molecule has 4 fully saturated rings. The molecule has 2 nitrogen and oxygen atoms in total. The highest BCUT2D eigenvalue weighted by molar-refractivity contribution is 5.06. The molecule has 0 amide bonds. The molecular formula is C12H22N2. The fraction of sp³-hybridized carbons (Fsp3) is 1.00. The van der Waals surface area contributed by atoms with Gasteiger partial charge in [-0.05, 0) is 56.3 Å². The van der Waals surface area contributed by atoms with Gasteiger partial charge in [-0.1, -0.05) is 0 Å². The van der Waals surface area contributed by atoms with Crippen molar-refractivity contribution in [2.24, 2.45) is 23.5 Å². The summed E-state index contributed by atoms with van der Waals surface area (Å²) < 4.78 is 0. The minimum absolute atomic E-state index is 0.522. The molecule has 4 bridgehead atoms. The molecule has 0 spiro atoms. The summed E-state index contributed by atoms with van der Waals surface area (Å²) in [6, 6.07) is 0. The molecule has 4 aliphatic rings. The minimum atomic E-state index is 0.522. The first-order chi connectivity index (χ1) is 6.80. The van der Waals surface area contributed by atoms with Gasteiger partial charge in [-0.25, -0.2) is 0 Å². The van der Waals surface area contributed by atoms with Gasteiger partial charge in [-0.3, -0.25) is 0 Å². The lowest BCUT2D eigenvalue weighted by Gasteiger charge is -2.57. The van der Waals surface area contributed by atoms with Gasteiger partial charge in [-0.2, -0.15) is 0 Å². The van der Waals surface area contributed by atoms with Gasteiger partial charge < -0.3 is 11.1 Å². The number of nitrogens with one attached hydrogen (secondary N) is 1. The predicted octanol–water partition coefficient (Wildman–Crippen LogP) is 1.50. The summed E-state index contributed by atoms with van der Waals surface area (Å²) in [6.45, 7) is 1.81. The minimum Gasteiger partial charge on any atom is -0.329 e. The van der Waals surface area contributed by atoms with E-state index in [-0.39, 0.29) is 0 Å². The van der Waals surface area contributed by atoms with Crippen LogP contribution < -0.4 is 11.1 Å². The SMILES string of the molecule is NCCNC12CC3CC(CC(C3)C1)C2. The first-order valence-electron chi connectivity index (χ1n) is 6.25. The van der Waals surface area contributed by atoms with Crippen molar-refractivity contribution in [1.82, 2.24) is 5.32 Å². The van der Waals surface area contributed by atoms with Gasteiger partial charge in [-0.15, -0.1) is 0 Å². The van der Waals surface area contributed by atoms with Crippen LogP contribution in [0.4, 0.5) is 0 Å². The van der Waals surface area contributed by atoms with Crippen molar-refractivity contribution in [2.45, 2.75) is 44.1 Å². The maximum absolute atomic E-state index is 5.60. The molecule has 80 valence electrons. The van der Waals surface area contributed by atoms with Crippen LogP contribution in [-0.4, -0.2) is 18.6 Å². The summed E-state index contributed by atoms with van der Waals surface area (Å²) in [4.78, 5) is 0. The smallest absolute Gasteiger partial charge is 0.0190 e. The van der Waals surface area contributed by atoms with E-state index in [4.69, 9.17) is 5.73 Å². The highest BCUT2D eigenvalue weighted by atomic mass is 15.0. The van der Waals surface area contributed by atoms with E-state index < -0.39 is 0 Å². The van der Waals surface area contributed by atoms with E-state index in [2.05, 4.69) is 5.32 Å². The Morgan fingerprint density at radius 3 is 1.93 bits per heavy atom. The largest absolute Gasteiger partial charge is 0.329 e. The topological polar surface area (TPSA) is 38.0 Å². The zero-order valence-electron chi connectivity index (χ0n) is 8.97. The molecular weight excluding hydrogens is 172 g/mol. The summed E-state index contributed by atoms with van der Waals surface area (Å²) in [5.41, 5.74) is 6.12. The van der Waals surface area contributed by atoms with Crippen molar-refractivity contribution in [1.29, 1.82) is 0 Å². The molecule has 4 aliphatic carbocycles. The average molecular weight is 194 g/mol. The molecule has 0 aromatic rings. The number of hydrogen-bond acceptors (Lipinski definition) is 2. The van der Waals surface area contributed by atoms with Gasteiger partial charge in [0.05, 0.1) is 0 Å². The fourth-order valence-electron chi connectivity index (χ4n) is 4.66. The third-order valence-corrected chi connectivity index (χ3v) is 4.68. The highest BCUT2D eigenvalue weighted by Crippen LogP contribution is 2.55. The molecule has 0 unspecified atom stereocenters. The second-order valence-corrected chi connectivity index (χ2v) is 5.91. The van der Waals surface area contributed by atoms with E-state index in [1.165, 1.54) is 38.5 Å². The lowest BCUT2D eigenvalue weighted by Crippen LogP contribution is -2.59. The normalized spacial score (nSPS) is 49.9. The monoisotopic (exact) mass is 194 g/mol. The van der Waals surface area contributed by atoms with Crippen LogP contribution in [0.25, 0.3) is 0 Å². The van der Waals surface area contributed by atoms with Crippen LogP contribution in [0.3, 0.4) is 0 Å². The summed E-state index contributed by atoms with van der Waals surface area (Å²) in [6.07, 6.45) is 8.92. The molecule has 14 heavy (non-hydrogen) atoms. The summed E-state index contributed by atoms with van der Waals surface area (Å²) >= 11 is 0. The lowest BCUT2D eigenvalue weighted by molar-refractivity contribution is -0.0190. The average Bonchev–Trinajstić information content (AvgIpc) is 2.12. The zero-order valence-corrected chi connectivity index (χ0v) is 8.97. The molecule has 2 heteroatoms. The summed E-state index contributed by atoms with van der Waals surface area (Å²) in [7, 11) is 0. The Morgan fingerprint density at radius 2 is 1.50 bits per heavy atom. The van der Waals surface area contributed by atoms with Gasteiger partial charge in [0.1, 0.15) is 0 Å². The van der Waals surface area contributed by atoms with E-state index in [1.807, 2.05) is 0 Å². The summed E-state index contributed by atoms with van der Waals surface area (Å²) in [5, 5.41) is 3.75. The number of hydrogen-bond donors (Lipinski definition) is 2. The fourth-order valence-corrected chi connectivity index (χ4v) is 4.66. The molecule has 4 rings (SSSR count). The van der Waals surface area contributed by atoms with E-state index >= 15 is 0 Å². The summed E-state index contributed by atoms with van der Waals surface area (Å²) in [5.74, 6) is 3.14. The Kier molecular flexibility index (Phi) is 2.10. The van der Waals surface area contributed by atoms with Gasteiger partial charge in [0, 0.05) is 18.6 Å². The molecule has 4 saturated carbocycles. The van der Waals surface area contributed by atoms with Crippen LogP contribution in [-0.2, 0) is 0 Å². The molecule has 0 saturated heterocycles. The Morgan fingerprint density at radius 1 is 1.00 bits per heavy atom. The molecule has 0 aliphatic heterocycles. The van der Waals surface area contributed by atoms with Crippen molar-refractivity contribution in [3.8, 4) is 0 Å². The Hall–Kier alpha value is -0.0800. The van der Waals surface area contributed by atoms with Crippen molar-refractivity contribution in [3.05, 3.63) is 0 Å². The molecule has 0 radical (unpaired) electrons. The van der Waals surface area contributed by atoms with E-state index in [9.17, 15) is 0 Å². The van der Waals surface area contributed by atoms with E-state index in [0.717, 1.165) is 30.8 Å². The van der Waals surface area contributed by atoms with Gasteiger partial charge in [0.25, 0.3) is 0 Å². The van der Waals surface area contributed by atoms with Crippen LogP contribution >= 0.6 is 0 Å². The van der Waals surface area contributed by atoms with Crippen molar-refractivity contribution < 1.29 is 0 Å². The first kappa shape index (κ1) is 9.17. The molecule has 0 heterocycles. The molecule has 0 atom stereocenters. The predicted molar refractivity (Wildman–Crippen MR) is 58.0 cm³/mol. The van der Waals surface area contributed by atoms with E-state index in [1.54, 1.807) is 0 Å². The van der Waals surface area contributed by atoms with Gasteiger partial charge in [0.15, 0.2) is 0 Å². The van der Waals surface area contributed by atoms with Crippen LogP contribution in [0.2, 0.25) is 0 Å². The van der Waals surface area contributed by atoms with E-state index in [0.29, 0.717) is 5.54 Å². The van der Waals surface area contributed by atoms with Crippen LogP contribution in [0, 0.1) is 17.8 Å². The quantitative estimate of drug-likeness (QED) is 0.714. The Bertz CT molecular complexity index is 189. The number of nitrogens with two attached hydrogens (primary N) is 1. The Labute approximate surface area is 86.6 Å². The van der Waals surface area contributed by atoms with Crippen molar-refractivity contribution in [2.75, 3.05) is 13.1 Å². The van der Waals surface area contributed by atoms with Crippen molar-refractivity contribution >= 4 is 0 Å². The second kappa shape index (κ2) is 3.21. The van der Waals surface area contributed by atoms with Gasteiger partial charge >= 0.3 is 0 Å². The zero-order chi connectivity index (χ0) is 9.60. The lowest BCUT2D eigenvalue weighted by atomic mass is 9.53. The van der Waals surface area contributed by atoms with Crippen LogP contribution in [0.5, 0.6) is 0 Å². The van der Waals surface area contributed by atoms with Crippen LogP contribution in [0.15, 0.2) is 0 Å². The molecule has 0 aromatic heterocycles. The van der Waals surface area contributed by atoms with Crippen LogP contribution in [0.1, 0.15) is 38.5 Å². The third kappa shape index (κ3) is 1.40. The number of rotatable bonds is 3.